The Labute approximate surface area is 83.9 Å². The first-order valence-corrected chi connectivity index (χ1v) is 5.10. The zero-order chi connectivity index (χ0) is 9.97. The van der Waals surface area contributed by atoms with Crippen LogP contribution in [0.4, 0.5) is 0 Å². The monoisotopic (exact) mass is 195 g/mol. The second-order valence-electron chi connectivity index (χ2n) is 3.85. The van der Waals surface area contributed by atoms with Crippen molar-refractivity contribution in [1.29, 1.82) is 0 Å². The van der Waals surface area contributed by atoms with E-state index in [4.69, 9.17) is 10.5 Å². The number of nitrogens with one attached hydrogen (secondary N) is 1. The molecule has 0 radical (unpaired) electrons. The predicted molar refractivity (Wildman–Crippen MR) is 54.2 cm³/mol. The molecule has 1 aromatic rings. The number of aryl methyl sites for hydroxylation is 1. The van der Waals surface area contributed by atoms with E-state index >= 15 is 0 Å². The van der Waals surface area contributed by atoms with Crippen LogP contribution in [-0.4, -0.2) is 29.7 Å². The van der Waals surface area contributed by atoms with Gasteiger partial charge in [-0.2, -0.15) is 0 Å². The van der Waals surface area contributed by atoms with Gasteiger partial charge in [0.15, 0.2) is 0 Å². The molecule has 0 saturated heterocycles. The number of rotatable bonds is 3. The Morgan fingerprint density at radius 3 is 3.29 bits per heavy atom. The molecule has 0 aromatic carbocycles. The number of ether oxygens (including phenoxy) is 1. The number of imidazole rings is 1. The predicted octanol–water partition coefficient (Wildman–Crippen LogP) is 0.415. The molecule has 1 aromatic heterocycles. The molecule has 0 amide bonds. The van der Waals surface area contributed by atoms with Crippen molar-refractivity contribution in [1.82, 2.24) is 9.97 Å². The first-order valence-electron chi connectivity index (χ1n) is 5.10. The van der Waals surface area contributed by atoms with Crippen LogP contribution in [0.5, 0.6) is 0 Å². The molecule has 78 valence electrons. The Bertz CT molecular complexity index is 308. The maximum absolute atomic E-state index is 5.89. The minimum Gasteiger partial charge on any atom is -0.384 e. The van der Waals surface area contributed by atoms with Crippen molar-refractivity contribution in [3.8, 4) is 0 Å². The van der Waals surface area contributed by atoms with E-state index in [1.807, 2.05) is 0 Å². The van der Waals surface area contributed by atoms with Crippen molar-refractivity contribution in [2.75, 3.05) is 13.7 Å². The summed E-state index contributed by atoms with van der Waals surface area (Å²) in [5.41, 5.74) is 8.32. The minimum atomic E-state index is 0.304. The van der Waals surface area contributed by atoms with Crippen LogP contribution in [0.1, 0.15) is 23.6 Å². The lowest BCUT2D eigenvalue weighted by atomic mass is 9.97. The van der Waals surface area contributed by atoms with Crippen LogP contribution in [0.25, 0.3) is 0 Å². The molecule has 0 fully saturated rings. The largest absolute Gasteiger partial charge is 0.384 e. The summed E-state index contributed by atoms with van der Waals surface area (Å²) in [7, 11) is 1.71. The normalized spacial score (nSPS) is 20.9. The molecular weight excluding hydrogens is 178 g/mol. The summed E-state index contributed by atoms with van der Waals surface area (Å²) in [5, 5.41) is 0. The molecule has 1 aliphatic rings. The molecule has 1 unspecified atom stereocenters. The Morgan fingerprint density at radius 1 is 1.64 bits per heavy atom. The summed E-state index contributed by atoms with van der Waals surface area (Å²) >= 11 is 0. The summed E-state index contributed by atoms with van der Waals surface area (Å²) in [6.45, 7) is 0.721. The van der Waals surface area contributed by atoms with Crippen molar-refractivity contribution in [3.05, 3.63) is 17.2 Å². The fourth-order valence-corrected chi connectivity index (χ4v) is 1.88. The van der Waals surface area contributed by atoms with E-state index in [9.17, 15) is 0 Å². The fraction of sp³-hybridized carbons (Fsp3) is 0.700. The number of methoxy groups -OCH3 is 1. The number of nitrogens with zero attached hydrogens (tertiary/aromatic N) is 1. The third-order valence-electron chi connectivity index (χ3n) is 2.67. The summed E-state index contributed by atoms with van der Waals surface area (Å²) in [4.78, 5) is 7.86. The number of nitrogens with two attached hydrogens (primary N) is 1. The maximum Gasteiger partial charge on any atom is 0.108 e. The van der Waals surface area contributed by atoms with E-state index < -0.39 is 0 Å². The van der Waals surface area contributed by atoms with Gasteiger partial charge in [-0.3, -0.25) is 0 Å². The number of hydrogen-bond donors (Lipinski definition) is 2. The van der Waals surface area contributed by atoms with Crippen LogP contribution >= 0.6 is 0 Å². The summed E-state index contributed by atoms with van der Waals surface area (Å²) < 4.78 is 5.01. The molecule has 0 aliphatic heterocycles. The molecule has 0 bridgehead atoms. The topological polar surface area (TPSA) is 63.9 Å². The molecule has 2 rings (SSSR count). The Hall–Kier alpha value is -0.870. The lowest BCUT2D eigenvalue weighted by Crippen LogP contribution is -2.27. The molecule has 3 N–H and O–H groups in total. The number of aromatic nitrogens is 2. The van der Waals surface area contributed by atoms with Gasteiger partial charge >= 0.3 is 0 Å². The zero-order valence-corrected chi connectivity index (χ0v) is 8.55. The highest BCUT2D eigenvalue weighted by Gasteiger charge is 2.18. The summed E-state index contributed by atoms with van der Waals surface area (Å²) in [6.07, 6.45) is 3.87. The van der Waals surface area contributed by atoms with Crippen molar-refractivity contribution in [2.45, 2.75) is 31.7 Å². The zero-order valence-electron chi connectivity index (χ0n) is 8.55. The van der Waals surface area contributed by atoms with Gasteiger partial charge in [-0.15, -0.1) is 0 Å². The van der Waals surface area contributed by atoms with Gasteiger partial charge in [0, 0.05) is 31.7 Å². The number of aromatic amines is 1. The van der Waals surface area contributed by atoms with Gasteiger partial charge in [-0.1, -0.05) is 0 Å². The Morgan fingerprint density at radius 2 is 2.50 bits per heavy atom. The molecule has 14 heavy (non-hydrogen) atoms. The van der Waals surface area contributed by atoms with E-state index in [0.29, 0.717) is 6.04 Å². The second kappa shape index (κ2) is 4.11. The van der Waals surface area contributed by atoms with E-state index in [0.717, 1.165) is 38.1 Å². The molecular formula is C10H17N3O. The van der Waals surface area contributed by atoms with Crippen LogP contribution in [0, 0.1) is 0 Å². The molecule has 4 nitrogen and oxygen atoms in total. The maximum atomic E-state index is 5.89. The standard InChI is InChI=1S/C10H17N3O/c1-14-5-4-10-12-8-3-2-7(11)6-9(8)13-10/h7H,2-6,11H2,1H3,(H,12,13). The summed E-state index contributed by atoms with van der Waals surface area (Å²) in [5.74, 6) is 1.03. The highest BCUT2D eigenvalue weighted by atomic mass is 16.5. The van der Waals surface area contributed by atoms with Crippen LogP contribution in [0.15, 0.2) is 0 Å². The van der Waals surface area contributed by atoms with E-state index in [-0.39, 0.29) is 0 Å². The van der Waals surface area contributed by atoms with Gasteiger partial charge < -0.3 is 15.5 Å². The summed E-state index contributed by atoms with van der Waals surface area (Å²) in [6, 6.07) is 0.304. The first-order chi connectivity index (χ1) is 6.79. The molecule has 0 spiro atoms. The average Bonchev–Trinajstić information content (AvgIpc) is 2.56. The minimum absolute atomic E-state index is 0.304. The first kappa shape index (κ1) is 9.68. The fourth-order valence-electron chi connectivity index (χ4n) is 1.88. The third kappa shape index (κ3) is 1.96. The highest BCUT2D eigenvalue weighted by Crippen LogP contribution is 2.18. The van der Waals surface area contributed by atoms with Crippen molar-refractivity contribution < 1.29 is 4.74 Å². The van der Waals surface area contributed by atoms with Gasteiger partial charge in [-0.05, 0) is 12.8 Å². The van der Waals surface area contributed by atoms with Gasteiger partial charge in [0.1, 0.15) is 5.82 Å². The lowest BCUT2D eigenvalue weighted by Gasteiger charge is -2.15. The third-order valence-corrected chi connectivity index (χ3v) is 2.67. The quantitative estimate of drug-likeness (QED) is 0.734. The van der Waals surface area contributed by atoms with Gasteiger partial charge in [0.2, 0.25) is 0 Å². The van der Waals surface area contributed by atoms with Crippen molar-refractivity contribution in [2.24, 2.45) is 5.73 Å². The van der Waals surface area contributed by atoms with E-state index in [2.05, 4.69) is 9.97 Å². The average molecular weight is 195 g/mol. The smallest absolute Gasteiger partial charge is 0.108 e. The number of hydrogen-bond acceptors (Lipinski definition) is 3. The van der Waals surface area contributed by atoms with Crippen LogP contribution in [0.3, 0.4) is 0 Å². The molecule has 0 saturated carbocycles. The Kier molecular flexibility index (Phi) is 2.84. The van der Waals surface area contributed by atoms with Gasteiger partial charge in [0.25, 0.3) is 0 Å². The molecule has 4 heteroatoms. The van der Waals surface area contributed by atoms with Crippen LogP contribution < -0.4 is 5.73 Å². The van der Waals surface area contributed by atoms with Gasteiger partial charge in [-0.25, -0.2) is 4.98 Å². The van der Waals surface area contributed by atoms with Crippen LogP contribution in [0.2, 0.25) is 0 Å². The lowest BCUT2D eigenvalue weighted by molar-refractivity contribution is 0.200. The van der Waals surface area contributed by atoms with E-state index in [1.54, 1.807) is 7.11 Å². The molecule has 1 heterocycles. The highest BCUT2D eigenvalue weighted by molar-refractivity contribution is 5.19. The number of fused-ring (bicyclic) bond motifs is 1. The SMILES string of the molecule is COCCc1nc2c([nH]1)CC(N)CC2. The Balaban J connectivity index is 2.07. The molecule has 1 aliphatic carbocycles. The number of H-pyrrole nitrogens is 1. The molecule has 1 atom stereocenters. The van der Waals surface area contributed by atoms with Gasteiger partial charge in [0.05, 0.1) is 12.3 Å². The van der Waals surface area contributed by atoms with Crippen molar-refractivity contribution >= 4 is 0 Å². The second-order valence-corrected chi connectivity index (χ2v) is 3.85. The van der Waals surface area contributed by atoms with E-state index in [1.165, 1.54) is 11.4 Å². The van der Waals surface area contributed by atoms with Crippen LogP contribution in [-0.2, 0) is 24.0 Å². The van der Waals surface area contributed by atoms with Crippen molar-refractivity contribution in [3.63, 3.8) is 0 Å².